The van der Waals surface area contributed by atoms with Crippen molar-refractivity contribution in [2.45, 2.75) is 19.4 Å². The molecule has 0 saturated heterocycles. The summed E-state index contributed by atoms with van der Waals surface area (Å²) in [5.41, 5.74) is 0.705. The maximum atomic E-state index is 13.0. The fourth-order valence-corrected chi connectivity index (χ4v) is 1.85. The smallest absolute Gasteiger partial charge is 0.123 e. The van der Waals surface area contributed by atoms with Crippen molar-refractivity contribution < 1.29 is 4.39 Å². The monoisotopic (exact) mass is 245 g/mol. The van der Waals surface area contributed by atoms with Gasteiger partial charge in [0.15, 0.2) is 0 Å². The first kappa shape index (κ1) is 10.7. The summed E-state index contributed by atoms with van der Waals surface area (Å²) in [7, 11) is 1.86. The topological polar surface area (TPSA) is 12.0 Å². The summed E-state index contributed by atoms with van der Waals surface area (Å²) in [4.78, 5) is 0. The number of nitrogens with one attached hydrogen (secondary N) is 1. The first-order valence-electron chi connectivity index (χ1n) is 4.12. The van der Waals surface area contributed by atoms with E-state index in [4.69, 9.17) is 0 Å². The largest absolute Gasteiger partial charge is 0.311 e. The standard InChI is InChI=1S/C10H13BrFN/c1-10(2,13-3)8-6-7(12)4-5-9(8)11/h4-6,13H,1-3H3. The lowest BCUT2D eigenvalue weighted by Crippen LogP contribution is -2.33. The number of rotatable bonds is 2. The van der Waals surface area contributed by atoms with Crippen molar-refractivity contribution in [1.82, 2.24) is 5.32 Å². The van der Waals surface area contributed by atoms with Crippen LogP contribution in [-0.4, -0.2) is 7.05 Å². The van der Waals surface area contributed by atoms with E-state index in [1.165, 1.54) is 6.07 Å². The Balaban J connectivity index is 3.20. The van der Waals surface area contributed by atoms with E-state index in [0.29, 0.717) is 0 Å². The second-order valence-electron chi connectivity index (χ2n) is 3.50. The predicted molar refractivity (Wildman–Crippen MR) is 56.2 cm³/mol. The van der Waals surface area contributed by atoms with Gasteiger partial charge in [0.25, 0.3) is 0 Å². The van der Waals surface area contributed by atoms with Gasteiger partial charge in [-0.25, -0.2) is 4.39 Å². The molecule has 1 aromatic carbocycles. The van der Waals surface area contributed by atoms with Gasteiger partial charge < -0.3 is 5.32 Å². The zero-order chi connectivity index (χ0) is 10.1. The summed E-state index contributed by atoms with van der Waals surface area (Å²) in [6.07, 6.45) is 0. The first-order valence-corrected chi connectivity index (χ1v) is 4.91. The predicted octanol–water partition coefficient (Wildman–Crippen LogP) is 3.04. The normalized spacial score (nSPS) is 11.8. The third kappa shape index (κ3) is 2.29. The summed E-state index contributed by atoms with van der Waals surface area (Å²) in [5.74, 6) is -0.207. The highest BCUT2D eigenvalue weighted by atomic mass is 79.9. The van der Waals surface area contributed by atoms with Crippen LogP contribution in [-0.2, 0) is 5.54 Å². The van der Waals surface area contributed by atoms with E-state index in [0.717, 1.165) is 10.0 Å². The van der Waals surface area contributed by atoms with Crippen LogP contribution in [0.25, 0.3) is 0 Å². The molecule has 0 fully saturated rings. The lowest BCUT2D eigenvalue weighted by atomic mass is 9.95. The number of hydrogen-bond acceptors (Lipinski definition) is 1. The number of hydrogen-bond donors (Lipinski definition) is 1. The summed E-state index contributed by atoms with van der Waals surface area (Å²) in [6.45, 7) is 4.01. The molecule has 0 heterocycles. The molecular weight excluding hydrogens is 233 g/mol. The van der Waals surface area contributed by atoms with Crippen molar-refractivity contribution in [3.05, 3.63) is 34.1 Å². The van der Waals surface area contributed by atoms with Gasteiger partial charge in [-0.15, -0.1) is 0 Å². The lowest BCUT2D eigenvalue weighted by Gasteiger charge is -2.25. The van der Waals surface area contributed by atoms with Crippen LogP contribution >= 0.6 is 15.9 Å². The Bertz CT molecular complexity index is 310. The van der Waals surface area contributed by atoms with Crippen molar-refractivity contribution in [3.63, 3.8) is 0 Å². The van der Waals surface area contributed by atoms with E-state index in [9.17, 15) is 4.39 Å². The van der Waals surface area contributed by atoms with E-state index >= 15 is 0 Å². The molecule has 1 nitrogen and oxygen atoms in total. The number of halogens is 2. The van der Waals surface area contributed by atoms with Crippen LogP contribution in [0.1, 0.15) is 19.4 Å². The molecule has 0 aromatic heterocycles. The molecule has 1 rings (SSSR count). The Hall–Kier alpha value is -0.410. The second kappa shape index (κ2) is 3.76. The van der Waals surface area contributed by atoms with Gasteiger partial charge in [0, 0.05) is 10.0 Å². The van der Waals surface area contributed by atoms with Gasteiger partial charge in [-0.2, -0.15) is 0 Å². The van der Waals surface area contributed by atoms with Gasteiger partial charge in [0.05, 0.1) is 0 Å². The van der Waals surface area contributed by atoms with Crippen LogP contribution in [0, 0.1) is 5.82 Å². The molecule has 13 heavy (non-hydrogen) atoms. The number of benzene rings is 1. The highest BCUT2D eigenvalue weighted by Gasteiger charge is 2.20. The van der Waals surface area contributed by atoms with Crippen molar-refractivity contribution in [2.75, 3.05) is 7.05 Å². The average Bonchev–Trinajstić information content (AvgIpc) is 2.09. The lowest BCUT2D eigenvalue weighted by molar-refractivity contribution is 0.439. The highest BCUT2D eigenvalue weighted by Crippen LogP contribution is 2.28. The highest BCUT2D eigenvalue weighted by molar-refractivity contribution is 9.10. The molecule has 0 atom stereocenters. The molecule has 0 spiro atoms. The first-order chi connectivity index (χ1) is 5.97. The molecule has 1 aromatic rings. The van der Waals surface area contributed by atoms with Crippen molar-refractivity contribution in [3.8, 4) is 0 Å². The fraction of sp³-hybridized carbons (Fsp3) is 0.400. The third-order valence-electron chi connectivity index (χ3n) is 2.23. The molecule has 0 aliphatic carbocycles. The fourth-order valence-electron chi connectivity index (χ4n) is 1.11. The molecule has 0 bridgehead atoms. The quantitative estimate of drug-likeness (QED) is 0.845. The van der Waals surface area contributed by atoms with Crippen LogP contribution in [0.15, 0.2) is 22.7 Å². The third-order valence-corrected chi connectivity index (χ3v) is 2.92. The summed E-state index contributed by atoms with van der Waals surface area (Å²) < 4.78 is 13.9. The molecule has 0 aliphatic heterocycles. The van der Waals surface area contributed by atoms with Gasteiger partial charge in [-0.1, -0.05) is 15.9 Å². The Kier molecular flexibility index (Phi) is 3.09. The molecule has 0 saturated carbocycles. The van der Waals surface area contributed by atoms with Gasteiger partial charge >= 0.3 is 0 Å². The Morgan fingerprint density at radius 2 is 2.00 bits per heavy atom. The van der Waals surface area contributed by atoms with Gasteiger partial charge in [0.2, 0.25) is 0 Å². The maximum Gasteiger partial charge on any atom is 0.123 e. The van der Waals surface area contributed by atoms with E-state index < -0.39 is 0 Å². The minimum Gasteiger partial charge on any atom is -0.311 e. The zero-order valence-electron chi connectivity index (χ0n) is 7.99. The van der Waals surface area contributed by atoms with Gasteiger partial charge in [-0.3, -0.25) is 0 Å². The van der Waals surface area contributed by atoms with Crippen LogP contribution < -0.4 is 5.32 Å². The van der Waals surface area contributed by atoms with E-state index in [1.54, 1.807) is 12.1 Å². The van der Waals surface area contributed by atoms with Crippen LogP contribution in [0.3, 0.4) is 0 Å². The minimum absolute atomic E-state index is 0.207. The average molecular weight is 246 g/mol. The van der Waals surface area contributed by atoms with Crippen molar-refractivity contribution >= 4 is 15.9 Å². The van der Waals surface area contributed by atoms with Crippen LogP contribution in [0.4, 0.5) is 4.39 Å². The zero-order valence-corrected chi connectivity index (χ0v) is 9.57. The Morgan fingerprint density at radius 1 is 1.38 bits per heavy atom. The molecule has 0 unspecified atom stereocenters. The molecule has 0 aliphatic rings. The summed E-state index contributed by atoms with van der Waals surface area (Å²) >= 11 is 3.40. The van der Waals surface area contributed by atoms with Crippen molar-refractivity contribution in [2.24, 2.45) is 0 Å². The molecule has 0 amide bonds. The van der Waals surface area contributed by atoms with Crippen LogP contribution in [0.2, 0.25) is 0 Å². The Labute approximate surface area is 86.5 Å². The van der Waals surface area contributed by atoms with Crippen LogP contribution in [0.5, 0.6) is 0 Å². The van der Waals surface area contributed by atoms with E-state index in [-0.39, 0.29) is 11.4 Å². The summed E-state index contributed by atoms with van der Waals surface area (Å²) in [6, 6.07) is 4.71. The molecule has 72 valence electrons. The van der Waals surface area contributed by atoms with E-state index in [1.807, 2.05) is 20.9 Å². The maximum absolute atomic E-state index is 13.0. The van der Waals surface area contributed by atoms with Gasteiger partial charge in [0.1, 0.15) is 5.82 Å². The van der Waals surface area contributed by atoms with E-state index in [2.05, 4.69) is 21.2 Å². The van der Waals surface area contributed by atoms with Gasteiger partial charge in [-0.05, 0) is 44.7 Å². The molecule has 0 radical (unpaired) electrons. The second-order valence-corrected chi connectivity index (χ2v) is 4.35. The molecule has 1 N–H and O–H groups in total. The SMILES string of the molecule is CNC(C)(C)c1cc(F)ccc1Br. The minimum atomic E-state index is -0.221. The molecule has 3 heteroatoms. The Morgan fingerprint density at radius 3 is 2.54 bits per heavy atom. The summed E-state index contributed by atoms with van der Waals surface area (Å²) in [5, 5.41) is 3.13. The molecular formula is C10H13BrFN. The van der Waals surface area contributed by atoms with Crippen molar-refractivity contribution in [1.29, 1.82) is 0 Å².